The highest BCUT2D eigenvalue weighted by Crippen LogP contribution is 2.10. The van der Waals surface area contributed by atoms with Gasteiger partial charge < -0.3 is 4.74 Å². The molecular formula is C14H16O3. The first-order valence-corrected chi connectivity index (χ1v) is 5.35. The summed E-state index contributed by atoms with van der Waals surface area (Å²) in [5, 5.41) is 0. The maximum absolute atomic E-state index is 11.7. The number of ether oxygens (including phenoxy) is 1. The number of rotatable bonds is 4. The van der Waals surface area contributed by atoms with Gasteiger partial charge in [0, 0.05) is 11.1 Å². The number of hydrogen-bond acceptors (Lipinski definition) is 3. The van der Waals surface area contributed by atoms with Gasteiger partial charge in [-0.3, -0.25) is 4.79 Å². The minimum Gasteiger partial charge on any atom is -0.454 e. The summed E-state index contributed by atoms with van der Waals surface area (Å²) in [7, 11) is 0. The smallest absolute Gasteiger partial charge is 0.333 e. The van der Waals surface area contributed by atoms with Gasteiger partial charge in [0.1, 0.15) is 0 Å². The van der Waals surface area contributed by atoms with Crippen molar-refractivity contribution in [1.82, 2.24) is 0 Å². The Labute approximate surface area is 101 Å². The van der Waals surface area contributed by atoms with Crippen molar-refractivity contribution in [3.63, 3.8) is 0 Å². The predicted molar refractivity (Wildman–Crippen MR) is 66.0 cm³/mol. The van der Waals surface area contributed by atoms with Crippen LogP contribution >= 0.6 is 0 Å². The number of hydrogen-bond donors (Lipinski definition) is 0. The number of aryl methyl sites for hydroxylation is 2. The Hall–Kier alpha value is -1.90. The molecule has 0 bridgehead atoms. The van der Waals surface area contributed by atoms with Crippen molar-refractivity contribution >= 4 is 11.8 Å². The van der Waals surface area contributed by atoms with E-state index >= 15 is 0 Å². The van der Waals surface area contributed by atoms with Gasteiger partial charge in [-0.1, -0.05) is 18.7 Å². The van der Waals surface area contributed by atoms with Crippen molar-refractivity contribution < 1.29 is 14.3 Å². The average Bonchev–Trinajstić information content (AvgIpc) is 2.28. The molecule has 0 atom stereocenters. The summed E-state index contributed by atoms with van der Waals surface area (Å²) in [5.74, 6) is -0.745. The van der Waals surface area contributed by atoms with E-state index in [9.17, 15) is 9.59 Å². The van der Waals surface area contributed by atoms with Crippen LogP contribution in [0.5, 0.6) is 0 Å². The Morgan fingerprint density at radius 1 is 1.24 bits per heavy atom. The van der Waals surface area contributed by atoms with Gasteiger partial charge >= 0.3 is 5.97 Å². The van der Waals surface area contributed by atoms with E-state index in [0.717, 1.165) is 11.1 Å². The first kappa shape index (κ1) is 13.2. The fourth-order valence-electron chi connectivity index (χ4n) is 1.25. The van der Waals surface area contributed by atoms with Crippen LogP contribution in [0, 0.1) is 13.8 Å². The van der Waals surface area contributed by atoms with Crippen LogP contribution in [0.15, 0.2) is 30.4 Å². The maximum Gasteiger partial charge on any atom is 0.333 e. The molecule has 1 rings (SSSR count). The zero-order chi connectivity index (χ0) is 13.0. The first-order valence-electron chi connectivity index (χ1n) is 5.35. The van der Waals surface area contributed by atoms with E-state index in [0.29, 0.717) is 5.56 Å². The van der Waals surface area contributed by atoms with E-state index in [1.807, 2.05) is 19.9 Å². The van der Waals surface area contributed by atoms with Gasteiger partial charge in [-0.2, -0.15) is 0 Å². The number of carbonyl (C=O) groups excluding carboxylic acids is 2. The summed E-state index contributed by atoms with van der Waals surface area (Å²) >= 11 is 0. The molecule has 17 heavy (non-hydrogen) atoms. The molecule has 90 valence electrons. The van der Waals surface area contributed by atoms with Gasteiger partial charge in [0.05, 0.1) is 0 Å². The Balaban J connectivity index is 2.67. The van der Waals surface area contributed by atoms with Gasteiger partial charge in [0.2, 0.25) is 0 Å². The summed E-state index contributed by atoms with van der Waals surface area (Å²) in [6.45, 7) is 8.66. The molecule has 0 aliphatic heterocycles. The Bertz CT molecular complexity index is 472. The van der Waals surface area contributed by atoms with Crippen molar-refractivity contribution in [2.75, 3.05) is 6.61 Å². The lowest BCUT2D eigenvalue weighted by Gasteiger charge is -2.05. The number of benzene rings is 1. The molecule has 0 unspecified atom stereocenters. The third kappa shape index (κ3) is 3.55. The molecule has 0 amide bonds. The van der Waals surface area contributed by atoms with E-state index < -0.39 is 5.97 Å². The fourth-order valence-corrected chi connectivity index (χ4v) is 1.25. The summed E-state index contributed by atoms with van der Waals surface area (Å²) in [6.07, 6.45) is 0. The van der Waals surface area contributed by atoms with E-state index in [1.165, 1.54) is 0 Å². The van der Waals surface area contributed by atoms with E-state index in [-0.39, 0.29) is 18.0 Å². The second-order valence-corrected chi connectivity index (χ2v) is 4.08. The minimum absolute atomic E-state index is 0.206. The molecule has 0 aliphatic rings. The zero-order valence-corrected chi connectivity index (χ0v) is 10.4. The van der Waals surface area contributed by atoms with Crippen LogP contribution in [0.3, 0.4) is 0 Å². The highest BCUT2D eigenvalue weighted by atomic mass is 16.5. The standard InChI is InChI=1S/C14H16O3/c1-9(2)14(16)17-8-13(15)12-6-5-10(3)11(4)7-12/h5-7H,1,8H2,2-4H3. The maximum atomic E-state index is 11.7. The SMILES string of the molecule is C=C(C)C(=O)OCC(=O)c1ccc(C)c(C)c1. The van der Waals surface area contributed by atoms with Crippen LogP contribution in [0.25, 0.3) is 0 Å². The number of Topliss-reactive ketones (excluding diaryl/α,β-unsaturated/α-hetero) is 1. The molecule has 0 N–H and O–H groups in total. The normalized spacial score (nSPS) is 9.82. The van der Waals surface area contributed by atoms with Crippen molar-refractivity contribution in [2.45, 2.75) is 20.8 Å². The fraction of sp³-hybridized carbons (Fsp3) is 0.286. The number of ketones is 1. The van der Waals surface area contributed by atoms with E-state index in [2.05, 4.69) is 6.58 Å². The van der Waals surface area contributed by atoms with Crippen LogP contribution in [0.2, 0.25) is 0 Å². The van der Waals surface area contributed by atoms with Gasteiger partial charge in [0.25, 0.3) is 0 Å². The second-order valence-electron chi connectivity index (χ2n) is 4.08. The molecule has 0 radical (unpaired) electrons. The number of esters is 1. The van der Waals surface area contributed by atoms with Crippen molar-refractivity contribution in [1.29, 1.82) is 0 Å². The highest BCUT2D eigenvalue weighted by molar-refractivity contribution is 5.99. The van der Waals surface area contributed by atoms with Gasteiger partial charge in [-0.05, 0) is 38.0 Å². The van der Waals surface area contributed by atoms with Gasteiger partial charge in [-0.25, -0.2) is 4.79 Å². The molecule has 0 spiro atoms. The second kappa shape index (κ2) is 5.43. The monoisotopic (exact) mass is 232 g/mol. The molecular weight excluding hydrogens is 216 g/mol. The van der Waals surface area contributed by atoms with E-state index in [4.69, 9.17) is 4.74 Å². The van der Waals surface area contributed by atoms with Crippen LogP contribution in [0.1, 0.15) is 28.4 Å². The molecule has 1 aromatic rings. The summed E-state index contributed by atoms with van der Waals surface area (Å²) in [5.41, 5.74) is 3.02. The lowest BCUT2D eigenvalue weighted by Crippen LogP contribution is -2.14. The molecule has 3 heteroatoms. The minimum atomic E-state index is -0.540. The first-order chi connectivity index (χ1) is 7.91. The lowest BCUT2D eigenvalue weighted by atomic mass is 10.0. The van der Waals surface area contributed by atoms with Crippen LogP contribution in [-0.4, -0.2) is 18.4 Å². The third-order valence-corrected chi connectivity index (χ3v) is 2.51. The molecule has 0 heterocycles. The average molecular weight is 232 g/mol. The molecule has 0 saturated heterocycles. The number of carbonyl (C=O) groups is 2. The summed E-state index contributed by atoms with van der Waals surface area (Å²) in [4.78, 5) is 22.9. The van der Waals surface area contributed by atoms with Crippen LogP contribution in [0.4, 0.5) is 0 Å². The topological polar surface area (TPSA) is 43.4 Å². The highest BCUT2D eigenvalue weighted by Gasteiger charge is 2.10. The molecule has 0 aliphatic carbocycles. The largest absolute Gasteiger partial charge is 0.454 e. The van der Waals surface area contributed by atoms with Gasteiger partial charge in [0.15, 0.2) is 12.4 Å². The van der Waals surface area contributed by atoms with Crippen LogP contribution < -0.4 is 0 Å². The Morgan fingerprint density at radius 3 is 2.41 bits per heavy atom. The van der Waals surface area contributed by atoms with Crippen molar-refractivity contribution in [2.24, 2.45) is 0 Å². The van der Waals surface area contributed by atoms with Crippen LogP contribution in [-0.2, 0) is 9.53 Å². The Kier molecular flexibility index (Phi) is 4.21. The van der Waals surface area contributed by atoms with Gasteiger partial charge in [-0.15, -0.1) is 0 Å². The lowest BCUT2D eigenvalue weighted by molar-refractivity contribution is -0.137. The molecule has 3 nitrogen and oxygen atoms in total. The molecule has 0 aromatic heterocycles. The quantitative estimate of drug-likeness (QED) is 0.455. The van der Waals surface area contributed by atoms with Crippen molar-refractivity contribution in [3.8, 4) is 0 Å². The molecule has 0 fully saturated rings. The molecule has 0 saturated carbocycles. The van der Waals surface area contributed by atoms with E-state index in [1.54, 1.807) is 19.1 Å². The summed E-state index contributed by atoms with van der Waals surface area (Å²) < 4.78 is 4.80. The Morgan fingerprint density at radius 2 is 1.88 bits per heavy atom. The third-order valence-electron chi connectivity index (χ3n) is 2.51. The zero-order valence-electron chi connectivity index (χ0n) is 10.4. The summed E-state index contributed by atoms with van der Waals surface area (Å²) in [6, 6.07) is 5.41. The predicted octanol–water partition coefficient (Wildman–Crippen LogP) is 2.61. The molecule has 1 aromatic carbocycles. The van der Waals surface area contributed by atoms with Crippen molar-refractivity contribution in [3.05, 3.63) is 47.0 Å².